The van der Waals surface area contributed by atoms with Crippen LogP contribution in [0.1, 0.15) is 49.9 Å². The molecule has 0 heterocycles. The summed E-state index contributed by atoms with van der Waals surface area (Å²) in [5, 5.41) is 6.96. The van der Waals surface area contributed by atoms with E-state index in [0.29, 0.717) is 0 Å². The van der Waals surface area contributed by atoms with E-state index < -0.39 is 0 Å². The van der Waals surface area contributed by atoms with Crippen LogP contribution in [-0.2, 0) is 39.0 Å². The second-order valence-electron chi connectivity index (χ2n) is 10.8. The van der Waals surface area contributed by atoms with Crippen LogP contribution in [0.2, 0.25) is 6.55 Å². The van der Waals surface area contributed by atoms with Crippen LogP contribution >= 0.6 is 0 Å². The zero-order chi connectivity index (χ0) is 26.1. The van der Waals surface area contributed by atoms with Crippen molar-refractivity contribution < 1.29 is 26.2 Å². The van der Waals surface area contributed by atoms with Crippen LogP contribution in [-0.4, -0.2) is 9.52 Å². The second kappa shape index (κ2) is 15.4. The van der Waals surface area contributed by atoms with Crippen LogP contribution in [0.25, 0.3) is 21.5 Å². The van der Waals surface area contributed by atoms with Crippen molar-refractivity contribution in [1.82, 2.24) is 0 Å². The normalized spacial score (nSPS) is 10.6. The number of hydrogen-bond donors (Lipinski definition) is 0. The third-order valence-electron chi connectivity index (χ3n) is 6.19. The quantitative estimate of drug-likeness (QED) is 0.143. The third kappa shape index (κ3) is 10.3. The molecule has 0 N–H and O–H groups in total. The van der Waals surface area contributed by atoms with Crippen molar-refractivity contribution in [3.63, 3.8) is 0 Å². The fourth-order valence-corrected chi connectivity index (χ4v) is 5.15. The monoisotopic (exact) mass is 580 g/mol. The maximum absolute atomic E-state index is 2.32. The van der Waals surface area contributed by atoms with Crippen LogP contribution in [0.15, 0.2) is 91.0 Å². The Morgan fingerprint density at radius 2 is 1.05 bits per heavy atom. The fourth-order valence-electron chi connectivity index (χ4n) is 4.63. The number of hydrogen-bond acceptors (Lipinski definition) is 0. The average molecular weight is 582 g/mol. The molecule has 0 saturated carbocycles. The number of aryl methyl sites for hydroxylation is 2. The molecule has 0 aliphatic rings. The van der Waals surface area contributed by atoms with Crippen molar-refractivity contribution in [3.05, 3.63) is 113 Å². The molecule has 37 heavy (non-hydrogen) atoms. The molecule has 2 radical (unpaired) electrons. The largest absolute Gasteiger partial charge is 2.00 e. The van der Waals surface area contributed by atoms with Crippen molar-refractivity contribution in [2.75, 3.05) is 0 Å². The van der Waals surface area contributed by atoms with E-state index in [1.807, 2.05) is 6.07 Å². The SMILES string of the molecule is C[Si]c1ccccc1.Cc1cc2cc(CC(C)C)ccc2[cH-]1.Cc1cc2cc(CC(C)C)ccc2[cH-]1.[Zr+2]. The first-order valence-corrected chi connectivity index (χ1v) is 14.8. The standard InChI is InChI=1S/2C14H17.C7H8Si.Zr/c2*1-10(2)6-12-4-5-13-7-11(3)8-14(13)9-12;1-8-7-5-3-2-4-6-7;/h2*4-5,7-10H,6H2,1-3H3;2-6H,1H3;/q2*-1;;+2. The summed E-state index contributed by atoms with van der Waals surface area (Å²) in [6.07, 6.45) is 2.36. The van der Waals surface area contributed by atoms with Crippen LogP contribution in [0, 0.1) is 25.7 Å². The van der Waals surface area contributed by atoms with E-state index in [1.165, 1.54) is 61.8 Å². The zero-order valence-corrected chi connectivity index (χ0v) is 27.2. The van der Waals surface area contributed by atoms with Crippen LogP contribution in [0.5, 0.6) is 0 Å². The Morgan fingerprint density at radius 3 is 1.41 bits per heavy atom. The van der Waals surface area contributed by atoms with Gasteiger partial charge in [-0.1, -0.05) is 94.7 Å². The Labute approximate surface area is 247 Å². The molecule has 5 rings (SSSR count). The zero-order valence-electron chi connectivity index (χ0n) is 23.7. The Balaban J connectivity index is 0.000000200. The van der Waals surface area contributed by atoms with E-state index in [0.717, 1.165) is 21.4 Å². The number of rotatable bonds is 5. The molecule has 0 nitrogen and oxygen atoms in total. The smallest absolute Gasteiger partial charge is 0.165 e. The molecule has 0 unspecified atom stereocenters. The van der Waals surface area contributed by atoms with Crippen molar-refractivity contribution in [2.24, 2.45) is 11.8 Å². The van der Waals surface area contributed by atoms with Gasteiger partial charge < -0.3 is 0 Å². The van der Waals surface area contributed by atoms with Crippen molar-refractivity contribution in [3.8, 4) is 0 Å². The van der Waals surface area contributed by atoms with Gasteiger partial charge in [-0.25, -0.2) is 0 Å². The topological polar surface area (TPSA) is 0 Å². The predicted molar refractivity (Wildman–Crippen MR) is 163 cm³/mol. The van der Waals surface area contributed by atoms with Gasteiger partial charge in [-0.05, 0) is 24.7 Å². The second-order valence-corrected chi connectivity index (χ2v) is 11.9. The summed E-state index contributed by atoms with van der Waals surface area (Å²) in [7, 11) is 0.930. The Kier molecular flexibility index (Phi) is 13.0. The minimum absolute atomic E-state index is 0. The summed E-state index contributed by atoms with van der Waals surface area (Å²) in [4.78, 5) is 0. The van der Waals surface area contributed by atoms with E-state index in [4.69, 9.17) is 0 Å². The summed E-state index contributed by atoms with van der Waals surface area (Å²) in [5.41, 5.74) is 5.64. The molecule has 0 aromatic heterocycles. The van der Waals surface area contributed by atoms with Gasteiger partial charge in [-0.2, -0.15) is 12.1 Å². The van der Waals surface area contributed by atoms with E-state index in [-0.39, 0.29) is 26.2 Å². The van der Waals surface area contributed by atoms with Gasteiger partial charge in [0.1, 0.15) is 0 Å². The Hall–Kier alpha value is -2.02. The summed E-state index contributed by atoms with van der Waals surface area (Å²) >= 11 is 0. The minimum Gasteiger partial charge on any atom is -0.165 e. The number of fused-ring (bicyclic) bond motifs is 2. The van der Waals surface area contributed by atoms with Gasteiger partial charge >= 0.3 is 26.2 Å². The van der Waals surface area contributed by atoms with E-state index >= 15 is 0 Å². The Bertz CT molecular complexity index is 1250. The molecule has 0 saturated heterocycles. The molecule has 0 fully saturated rings. The van der Waals surface area contributed by atoms with E-state index in [9.17, 15) is 0 Å². The molecule has 5 aromatic rings. The van der Waals surface area contributed by atoms with Crippen LogP contribution < -0.4 is 5.19 Å². The maximum Gasteiger partial charge on any atom is 2.00 e. The Morgan fingerprint density at radius 1 is 0.622 bits per heavy atom. The molecular weight excluding hydrogens is 540 g/mol. The molecule has 190 valence electrons. The van der Waals surface area contributed by atoms with Crippen LogP contribution in [0.4, 0.5) is 0 Å². The molecule has 0 bridgehead atoms. The molecule has 0 amide bonds. The summed E-state index contributed by atoms with van der Waals surface area (Å²) in [6.45, 7) is 15.6. The summed E-state index contributed by atoms with van der Waals surface area (Å²) in [6, 6.07) is 33.1. The molecule has 0 atom stereocenters. The van der Waals surface area contributed by atoms with Crippen molar-refractivity contribution in [2.45, 2.75) is 60.9 Å². The first-order valence-electron chi connectivity index (χ1n) is 13.3. The van der Waals surface area contributed by atoms with Crippen molar-refractivity contribution in [1.29, 1.82) is 0 Å². The van der Waals surface area contributed by atoms with Crippen LogP contribution in [0.3, 0.4) is 0 Å². The molecule has 0 aliphatic carbocycles. The maximum atomic E-state index is 2.32. The average Bonchev–Trinajstić information content (AvgIpc) is 3.39. The minimum atomic E-state index is 0. The predicted octanol–water partition coefficient (Wildman–Crippen LogP) is 9.19. The van der Waals surface area contributed by atoms with E-state index in [1.54, 1.807) is 0 Å². The summed E-state index contributed by atoms with van der Waals surface area (Å²) < 4.78 is 0. The molecule has 2 heteroatoms. The van der Waals surface area contributed by atoms with Gasteiger partial charge in [0.25, 0.3) is 0 Å². The fraction of sp³-hybridized carbons (Fsp3) is 0.314. The van der Waals surface area contributed by atoms with Gasteiger partial charge in [0.2, 0.25) is 0 Å². The van der Waals surface area contributed by atoms with Gasteiger partial charge in [0, 0.05) is 0 Å². The third-order valence-corrected chi connectivity index (χ3v) is 7.10. The van der Waals surface area contributed by atoms with Gasteiger partial charge in [-0.15, -0.1) is 81.2 Å². The van der Waals surface area contributed by atoms with Gasteiger partial charge in [0.15, 0.2) is 0 Å². The first-order chi connectivity index (χ1) is 17.2. The molecule has 5 aromatic carbocycles. The first kappa shape index (κ1) is 31.2. The van der Waals surface area contributed by atoms with Gasteiger partial charge in [-0.3, -0.25) is 0 Å². The molecule has 0 aliphatic heterocycles. The van der Waals surface area contributed by atoms with Crippen molar-refractivity contribution >= 4 is 36.3 Å². The number of benzene rings is 3. The van der Waals surface area contributed by atoms with E-state index in [2.05, 4.69) is 133 Å². The molecule has 0 spiro atoms. The van der Waals surface area contributed by atoms with Gasteiger partial charge in [0.05, 0.1) is 9.52 Å². The molecular formula is C35H42SiZr. The summed E-state index contributed by atoms with van der Waals surface area (Å²) in [5.74, 6) is 1.48.